The highest BCUT2D eigenvalue weighted by atomic mass is 32.2. The van der Waals surface area contributed by atoms with Gasteiger partial charge in [0.15, 0.2) is 11.5 Å². The van der Waals surface area contributed by atoms with Crippen molar-refractivity contribution in [1.29, 1.82) is 0 Å². The highest BCUT2D eigenvalue weighted by Crippen LogP contribution is 2.32. The summed E-state index contributed by atoms with van der Waals surface area (Å²) in [5.74, 6) is 0.136. The van der Waals surface area contributed by atoms with Gasteiger partial charge in [0.05, 0.1) is 7.11 Å². The molecule has 9 heteroatoms. The predicted octanol–water partition coefficient (Wildman–Crippen LogP) is 4.06. The van der Waals surface area contributed by atoms with Crippen molar-refractivity contribution in [3.05, 3.63) is 70.1 Å². The Balaban J connectivity index is 1.77. The molecule has 0 saturated heterocycles. The van der Waals surface area contributed by atoms with Crippen molar-refractivity contribution < 1.29 is 23.8 Å². The number of halogens is 1. The van der Waals surface area contributed by atoms with Crippen LogP contribution in [0.4, 0.5) is 4.39 Å². The Morgan fingerprint density at radius 2 is 2.00 bits per heavy atom. The fourth-order valence-electron chi connectivity index (χ4n) is 2.39. The molecule has 0 spiro atoms. The lowest BCUT2D eigenvalue weighted by Gasteiger charge is -2.12. The van der Waals surface area contributed by atoms with Crippen LogP contribution >= 0.6 is 11.8 Å². The Labute approximate surface area is 170 Å². The van der Waals surface area contributed by atoms with Crippen molar-refractivity contribution in [3.63, 3.8) is 0 Å². The molecule has 1 heterocycles. The van der Waals surface area contributed by atoms with Crippen LogP contribution in [0.15, 0.2) is 52.5 Å². The molecule has 0 radical (unpaired) electrons. The summed E-state index contributed by atoms with van der Waals surface area (Å²) in [4.78, 5) is 15.7. The van der Waals surface area contributed by atoms with Crippen LogP contribution in [0.1, 0.15) is 17.0 Å². The number of carboxylic acid groups (broad SMARTS) is 1. The summed E-state index contributed by atoms with van der Waals surface area (Å²) in [7, 11) is 1.50. The van der Waals surface area contributed by atoms with Gasteiger partial charge in [0.2, 0.25) is 5.16 Å². The Morgan fingerprint density at radius 3 is 2.62 bits per heavy atom. The van der Waals surface area contributed by atoms with Gasteiger partial charge >= 0.3 is 5.97 Å². The first-order valence-electron chi connectivity index (χ1n) is 8.51. The third kappa shape index (κ3) is 5.58. The zero-order chi connectivity index (χ0) is 20.8. The number of carbonyl (C=O) groups is 1. The van der Waals surface area contributed by atoms with E-state index >= 15 is 0 Å². The van der Waals surface area contributed by atoms with Gasteiger partial charge in [-0.1, -0.05) is 18.2 Å². The van der Waals surface area contributed by atoms with E-state index in [-0.39, 0.29) is 17.3 Å². The Kier molecular flexibility index (Phi) is 6.50. The van der Waals surface area contributed by atoms with Gasteiger partial charge < -0.3 is 14.6 Å². The van der Waals surface area contributed by atoms with E-state index in [0.29, 0.717) is 28.0 Å². The molecule has 2 N–H and O–H groups in total. The van der Waals surface area contributed by atoms with Gasteiger partial charge in [-0.25, -0.2) is 14.2 Å². The lowest BCUT2D eigenvalue weighted by Crippen LogP contribution is -1.99. The summed E-state index contributed by atoms with van der Waals surface area (Å²) in [5.41, 5.74) is 1.43. The number of aromatic amines is 1. The van der Waals surface area contributed by atoms with Gasteiger partial charge in [-0.3, -0.25) is 5.10 Å². The number of rotatable bonds is 8. The van der Waals surface area contributed by atoms with Crippen LogP contribution in [0, 0.1) is 12.7 Å². The van der Waals surface area contributed by atoms with Crippen LogP contribution in [0.25, 0.3) is 6.08 Å². The van der Waals surface area contributed by atoms with E-state index in [1.165, 1.54) is 25.3 Å². The number of ether oxygens (including phenoxy) is 2. The van der Waals surface area contributed by atoms with Crippen molar-refractivity contribution in [3.8, 4) is 11.5 Å². The van der Waals surface area contributed by atoms with E-state index in [1.54, 1.807) is 37.3 Å². The van der Waals surface area contributed by atoms with Gasteiger partial charge in [0.25, 0.3) is 0 Å². The summed E-state index contributed by atoms with van der Waals surface area (Å²) in [6, 6.07) is 11.1. The number of aromatic nitrogens is 3. The smallest absolute Gasteiger partial charge is 0.342 e. The molecular weight excluding hydrogens is 397 g/mol. The van der Waals surface area contributed by atoms with Crippen molar-refractivity contribution >= 4 is 23.8 Å². The van der Waals surface area contributed by atoms with Crippen molar-refractivity contribution in [1.82, 2.24) is 15.2 Å². The molecule has 0 aliphatic carbocycles. The number of aryl methyl sites for hydroxylation is 1. The average Bonchev–Trinajstić information content (AvgIpc) is 3.12. The number of thioether (sulfide) groups is 1. The summed E-state index contributed by atoms with van der Waals surface area (Å²) in [5, 5.41) is 16.4. The number of H-pyrrole nitrogens is 1. The second kappa shape index (κ2) is 9.24. The zero-order valence-corrected chi connectivity index (χ0v) is 16.5. The van der Waals surface area contributed by atoms with Gasteiger partial charge in [0.1, 0.15) is 23.2 Å². The quantitative estimate of drug-likeness (QED) is 0.423. The monoisotopic (exact) mass is 415 g/mol. The number of hydrogen-bond acceptors (Lipinski definition) is 6. The molecular formula is C20H18FN3O4S. The van der Waals surface area contributed by atoms with Crippen LogP contribution in [0.5, 0.6) is 11.5 Å². The molecule has 1 aromatic heterocycles. The number of aliphatic carboxylic acids is 1. The predicted molar refractivity (Wildman–Crippen MR) is 106 cm³/mol. The second-order valence-electron chi connectivity index (χ2n) is 5.94. The third-order valence-electron chi connectivity index (χ3n) is 3.78. The lowest BCUT2D eigenvalue weighted by atomic mass is 10.2. The number of nitrogens with one attached hydrogen (secondary N) is 1. The standard InChI is InChI=1S/C20H18FN3O4S/c1-12-22-20(24-23-12)29-18(19(25)26)10-14-5-8-16(17(9-14)27-2)28-11-13-3-6-15(21)7-4-13/h3-10H,11H2,1-2H3,(H,25,26)(H,22,23,24)/b18-10-. The zero-order valence-electron chi connectivity index (χ0n) is 15.7. The summed E-state index contributed by atoms with van der Waals surface area (Å²) in [6.07, 6.45) is 1.50. The lowest BCUT2D eigenvalue weighted by molar-refractivity contribution is -0.131. The minimum absolute atomic E-state index is 0.0611. The van der Waals surface area contributed by atoms with E-state index in [1.807, 2.05) is 0 Å². The van der Waals surface area contributed by atoms with Crippen molar-refractivity contribution in [2.45, 2.75) is 18.7 Å². The maximum absolute atomic E-state index is 13.0. The van der Waals surface area contributed by atoms with Crippen LogP contribution in [-0.2, 0) is 11.4 Å². The minimum atomic E-state index is -1.09. The molecule has 0 aliphatic rings. The molecule has 0 aliphatic heterocycles. The van der Waals surface area contributed by atoms with Crippen LogP contribution in [-0.4, -0.2) is 33.4 Å². The molecule has 150 valence electrons. The van der Waals surface area contributed by atoms with Crippen LogP contribution < -0.4 is 9.47 Å². The molecule has 0 atom stereocenters. The second-order valence-corrected chi connectivity index (χ2v) is 6.95. The maximum atomic E-state index is 13.0. The van der Waals surface area contributed by atoms with Crippen LogP contribution in [0.2, 0.25) is 0 Å². The minimum Gasteiger partial charge on any atom is -0.493 e. The molecule has 0 bridgehead atoms. The molecule has 2 aromatic carbocycles. The molecule has 0 saturated carbocycles. The van der Waals surface area contributed by atoms with Gasteiger partial charge in [0, 0.05) is 0 Å². The van der Waals surface area contributed by atoms with E-state index in [4.69, 9.17) is 9.47 Å². The number of benzene rings is 2. The van der Waals surface area contributed by atoms with E-state index in [2.05, 4.69) is 15.2 Å². The molecule has 7 nitrogen and oxygen atoms in total. The van der Waals surface area contributed by atoms with Gasteiger partial charge in [-0.2, -0.15) is 0 Å². The Bertz CT molecular complexity index is 1030. The van der Waals surface area contributed by atoms with Crippen molar-refractivity contribution in [2.75, 3.05) is 7.11 Å². The van der Waals surface area contributed by atoms with Crippen molar-refractivity contribution in [2.24, 2.45) is 0 Å². The fraction of sp³-hybridized carbons (Fsp3) is 0.150. The van der Waals surface area contributed by atoms with E-state index in [9.17, 15) is 14.3 Å². The van der Waals surface area contributed by atoms with Gasteiger partial charge in [-0.05, 0) is 60.2 Å². The topological polar surface area (TPSA) is 97.3 Å². The summed E-state index contributed by atoms with van der Waals surface area (Å²) in [6.45, 7) is 1.98. The summed E-state index contributed by atoms with van der Waals surface area (Å²) < 4.78 is 24.1. The number of nitrogens with zero attached hydrogens (tertiary/aromatic N) is 2. The Morgan fingerprint density at radius 1 is 1.24 bits per heavy atom. The fourth-order valence-corrected chi connectivity index (χ4v) is 3.14. The number of methoxy groups -OCH3 is 1. The normalized spacial score (nSPS) is 11.3. The number of hydrogen-bond donors (Lipinski definition) is 2. The van der Waals surface area contributed by atoms with Crippen LogP contribution in [0.3, 0.4) is 0 Å². The first-order chi connectivity index (χ1) is 13.9. The average molecular weight is 415 g/mol. The van der Waals surface area contributed by atoms with Gasteiger partial charge in [-0.15, -0.1) is 5.10 Å². The molecule has 0 fully saturated rings. The highest BCUT2D eigenvalue weighted by Gasteiger charge is 2.14. The number of carboxylic acids is 1. The summed E-state index contributed by atoms with van der Waals surface area (Å²) >= 11 is 0.944. The Hall–Kier alpha value is -3.33. The highest BCUT2D eigenvalue weighted by molar-refractivity contribution is 8.04. The maximum Gasteiger partial charge on any atom is 0.342 e. The SMILES string of the molecule is COc1cc(/C=C(\Sc2n[nH]c(C)n2)C(=O)O)ccc1OCc1ccc(F)cc1. The molecule has 3 aromatic rings. The van der Waals surface area contributed by atoms with E-state index < -0.39 is 5.97 Å². The molecule has 0 amide bonds. The molecule has 3 rings (SSSR count). The first-order valence-corrected chi connectivity index (χ1v) is 9.33. The largest absolute Gasteiger partial charge is 0.493 e. The first kappa shape index (κ1) is 20.4. The molecule has 29 heavy (non-hydrogen) atoms. The third-order valence-corrected chi connectivity index (χ3v) is 4.66. The van der Waals surface area contributed by atoms with E-state index in [0.717, 1.165) is 17.3 Å². The molecule has 0 unspecified atom stereocenters.